The molecule has 1 heterocycles. The number of hydrogen-bond acceptors (Lipinski definition) is 2. The standard InChI is InChI=1S/C12H16O2/c1-8-6-9(2)14-12-5-4-10(13-3)7-11(8)12/h4-5,7-9H,6H2,1-3H3/t8-,9+/m0/s1. The Bertz CT molecular complexity index is 333. The molecule has 2 atom stereocenters. The van der Waals surface area contributed by atoms with E-state index in [4.69, 9.17) is 9.47 Å². The monoisotopic (exact) mass is 192 g/mol. The molecule has 0 unspecified atom stereocenters. The molecule has 2 nitrogen and oxygen atoms in total. The molecule has 1 aromatic rings. The molecule has 14 heavy (non-hydrogen) atoms. The molecular formula is C12H16O2. The highest BCUT2D eigenvalue weighted by Crippen LogP contribution is 2.37. The van der Waals surface area contributed by atoms with E-state index in [0.717, 1.165) is 17.9 Å². The van der Waals surface area contributed by atoms with Crippen LogP contribution in [0.3, 0.4) is 0 Å². The Morgan fingerprint density at radius 1 is 1.36 bits per heavy atom. The lowest BCUT2D eigenvalue weighted by molar-refractivity contribution is 0.179. The Labute approximate surface area is 84.8 Å². The lowest BCUT2D eigenvalue weighted by Crippen LogP contribution is -2.21. The van der Waals surface area contributed by atoms with Gasteiger partial charge in [0.25, 0.3) is 0 Å². The van der Waals surface area contributed by atoms with Gasteiger partial charge in [0.2, 0.25) is 0 Å². The van der Waals surface area contributed by atoms with Gasteiger partial charge in [-0.2, -0.15) is 0 Å². The average molecular weight is 192 g/mol. The highest BCUT2D eigenvalue weighted by Gasteiger charge is 2.22. The normalized spacial score (nSPS) is 25.1. The molecule has 1 aliphatic heterocycles. The molecule has 0 bridgehead atoms. The minimum absolute atomic E-state index is 0.325. The second-order valence-corrected chi connectivity index (χ2v) is 3.97. The third kappa shape index (κ3) is 1.57. The van der Waals surface area contributed by atoms with Crippen LogP contribution in [-0.2, 0) is 0 Å². The summed E-state index contributed by atoms with van der Waals surface area (Å²) in [6, 6.07) is 6.02. The van der Waals surface area contributed by atoms with Crippen LogP contribution in [0.25, 0.3) is 0 Å². The first-order valence-corrected chi connectivity index (χ1v) is 5.05. The molecule has 2 rings (SSSR count). The maximum atomic E-state index is 5.75. The van der Waals surface area contributed by atoms with Crippen molar-refractivity contribution in [3.63, 3.8) is 0 Å². The van der Waals surface area contributed by atoms with Crippen molar-refractivity contribution >= 4 is 0 Å². The maximum absolute atomic E-state index is 5.75. The lowest BCUT2D eigenvalue weighted by Gasteiger charge is -2.28. The second kappa shape index (κ2) is 3.52. The van der Waals surface area contributed by atoms with Gasteiger partial charge in [0.1, 0.15) is 11.5 Å². The van der Waals surface area contributed by atoms with Crippen molar-refractivity contribution < 1.29 is 9.47 Å². The van der Waals surface area contributed by atoms with E-state index < -0.39 is 0 Å². The topological polar surface area (TPSA) is 18.5 Å². The van der Waals surface area contributed by atoms with Crippen molar-refractivity contribution in [3.8, 4) is 11.5 Å². The maximum Gasteiger partial charge on any atom is 0.123 e. The predicted molar refractivity (Wildman–Crippen MR) is 56.1 cm³/mol. The van der Waals surface area contributed by atoms with E-state index in [-0.39, 0.29) is 0 Å². The number of hydrogen-bond donors (Lipinski definition) is 0. The van der Waals surface area contributed by atoms with Crippen molar-refractivity contribution in [2.75, 3.05) is 7.11 Å². The highest BCUT2D eigenvalue weighted by atomic mass is 16.5. The molecule has 0 N–H and O–H groups in total. The van der Waals surface area contributed by atoms with E-state index in [9.17, 15) is 0 Å². The van der Waals surface area contributed by atoms with Crippen molar-refractivity contribution in [1.29, 1.82) is 0 Å². The number of rotatable bonds is 1. The summed E-state index contributed by atoms with van der Waals surface area (Å²) >= 11 is 0. The summed E-state index contributed by atoms with van der Waals surface area (Å²) in [5, 5.41) is 0. The largest absolute Gasteiger partial charge is 0.497 e. The van der Waals surface area contributed by atoms with Crippen molar-refractivity contribution in [3.05, 3.63) is 23.8 Å². The molecular weight excluding hydrogens is 176 g/mol. The predicted octanol–water partition coefficient (Wildman–Crippen LogP) is 2.97. The van der Waals surface area contributed by atoms with Crippen molar-refractivity contribution in [2.45, 2.75) is 32.3 Å². The summed E-state index contributed by atoms with van der Waals surface area (Å²) < 4.78 is 10.9. The van der Waals surface area contributed by atoms with Crippen LogP contribution in [0.4, 0.5) is 0 Å². The number of methoxy groups -OCH3 is 1. The fraction of sp³-hybridized carbons (Fsp3) is 0.500. The van der Waals surface area contributed by atoms with E-state index in [1.54, 1.807) is 7.11 Å². The summed E-state index contributed by atoms with van der Waals surface area (Å²) in [7, 11) is 1.69. The highest BCUT2D eigenvalue weighted by molar-refractivity contribution is 5.43. The van der Waals surface area contributed by atoms with Crippen LogP contribution in [-0.4, -0.2) is 13.2 Å². The molecule has 1 aliphatic rings. The van der Waals surface area contributed by atoms with Crippen LogP contribution in [0.2, 0.25) is 0 Å². The molecule has 0 radical (unpaired) electrons. The van der Waals surface area contributed by atoms with Gasteiger partial charge in [0.05, 0.1) is 13.2 Å². The third-order valence-corrected chi connectivity index (χ3v) is 2.76. The molecule has 0 aliphatic carbocycles. The zero-order chi connectivity index (χ0) is 10.1. The average Bonchev–Trinajstić information content (AvgIpc) is 2.17. The minimum Gasteiger partial charge on any atom is -0.497 e. The minimum atomic E-state index is 0.325. The quantitative estimate of drug-likeness (QED) is 0.681. The van der Waals surface area contributed by atoms with Gasteiger partial charge in [-0.25, -0.2) is 0 Å². The second-order valence-electron chi connectivity index (χ2n) is 3.97. The molecule has 0 spiro atoms. The van der Waals surface area contributed by atoms with Gasteiger partial charge in [-0.05, 0) is 37.5 Å². The van der Waals surface area contributed by atoms with E-state index >= 15 is 0 Å². The van der Waals surface area contributed by atoms with Gasteiger partial charge in [0, 0.05) is 5.56 Å². The Morgan fingerprint density at radius 2 is 2.14 bits per heavy atom. The zero-order valence-electron chi connectivity index (χ0n) is 8.91. The SMILES string of the molecule is COc1ccc2c(c1)[C@@H](C)C[C@@H](C)O2. The summed E-state index contributed by atoms with van der Waals surface area (Å²) in [6.45, 7) is 4.35. The van der Waals surface area contributed by atoms with Gasteiger partial charge in [-0.1, -0.05) is 6.92 Å². The number of fused-ring (bicyclic) bond motifs is 1. The van der Waals surface area contributed by atoms with Crippen LogP contribution in [0.1, 0.15) is 31.7 Å². The fourth-order valence-corrected chi connectivity index (χ4v) is 2.04. The molecule has 0 saturated heterocycles. The van der Waals surface area contributed by atoms with E-state index in [1.807, 2.05) is 12.1 Å². The fourth-order valence-electron chi connectivity index (χ4n) is 2.04. The lowest BCUT2D eigenvalue weighted by atomic mass is 9.92. The molecule has 0 amide bonds. The van der Waals surface area contributed by atoms with E-state index in [0.29, 0.717) is 12.0 Å². The molecule has 0 saturated carbocycles. The summed E-state index contributed by atoms with van der Waals surface area (Å²) in [5.41, 5.74) is 1.27. The number of ether oxygens (including phenoxy) is 2. The van der Waals surface area contributed by atoms with E-state index in [2.05, 4.69) is 19.9 Å². The molecule has 76 valence electrons. The van der Waals surface area contributed by atoms with Crippen LogP contribution < -0.4 is 9.47 Å². The zero-order valence-corrected chi connectivity index (χ0v) is 8.91. The molecule has 0 fully saturated rings. The van der Waals surface area contributed by atoms with Crippen LogP contribution in [0.5, 0.6) is 11.5 Å². The smallest absolute Gasteiger partial charge is 0.123 e. The molecule has 1 aromatic carbocycles. The van der Waals surface area contributed by atoms with Crippen molar-refractivity contribution in [2.24, 2.45) is 0 Å². The van der Waals surface area contributed by atoms with Gasteiger partial charge >= 0.3 is 0 Å². The summed E-state index contributed by atoms with van der Waals surface area (Å²) in [5.74, 6) is 2.48. The van der Waals surface area contributed by atoms with Crippen molar-refractivity contribution in [1.82, 2.24) is 0 Å². The molecule has 0 aromatic heterocycles. The van der Waals surface area contributed by atoms with Crippen LogP contribution in [0, 0.1) is 0 Å². The summed E-state index contributed by atoms with van der Waals surface area (Å²) in [4.78, 5) is 0. The number of benzene rings is 1. The van der Waals surface area contributed by atoms with Gasteiger partial charge in [-0.15, -0.1) is 0 Å². The third-order valence-electron chi connectivity index (χ3n) is 2.76. The van der Waals surface area contributed by atoms with Gasteiger partial charge in [-0.3, -0.25) is 0 Å². The first-order valence-electron chi connectivity index (χ1n) is 5.05. The Kier molecular flexibility index (Phi) is 2.36. The van der Waals surface area contributed by atoms with Crippen LogP contribution in [0.15, 0.2) is 18.2 Å². The Hall–Kier alpha value is -1.18. The first kappa shape index (κ1) is 9.38. The molecule has 2 heteroatoms. The Balaban J connectivity index is 2.39. The van der Waals surface area contributed by atoms with E-state index in [1.165, 1.54) is 5.56 Å². The van der Waals surface area contributed by atoms with Gasteiger partial charge < -0.3 is 9.47 Å². The Morgan fingerprint density at radius 3 is 2.86 bits per heavy atom. The summed E-state index contributed by atoms with van der Waals surface area (Å²) in [6.07, 6.45) is 1.41. The first-order chi connectivity index (χ1) is 6.70. The van der Waals surface area contributed by atoms with Crippen LogP contribution >= 0.6 is 0 Å². The van der Waals surface area contributed by atoms with Gasteiger partial charge in [0.15, 0.2) is 0 Å².